The van der Waals surface area contributed by atoms with E-state index in [0.29, 0.717) is 0 Å². The molecule has 72 valence electrons. The number of hydrogen-bond donors (Lipinski definition) is 0. The van der Waals surface area contributed by atoms with Gasteiger partial charge >= 0.3 is 0 Å². The van der Waals surface area contributed by atoms with E-state index in [2.05, 4.69) is 32.8 Å². The van der Waals surface area contributed by atoms with Gasteiger partial charge in [0.2, 0.25) is 0 Å². The number of benzene rings is 1. The molecule has 1 aromatic heterocycles. The lowest BCUT2D eigenvalue weighted by Crippen LogP contribution is -1.80. The van der Waals surface area contributed by atoms with Crippen molar-refractivity contribution in [1.29, 1.82) is 0 Å². The number of aromatic nitrogens is 1. The van der Waals surface area contributed by atoms with E-state index >= 15 is 0 Å². The number of rotatable bonds is 0. The summed E-state index contributed by atoms with van der Waals surface area (Å²) in [6, 6.07) is 13.7. The van der Waals surface area contributed by atoms with Gasteiger partial charge in [-0.25, -0.2) is 4.98 Å². The molecule has 0 saturated heterocycles. The van der Waals surface area contributed by atoms with Gasteiger partial charge in [-0.05, 0) is 40.2 Å². The van der Waals surface area contributed by atoms with Crippen LogP contribution in [0.15, 0.2) is 53.3 Å². The molecule has 2 rings (SSSR count). The molecule has 0 amide bonds. The van der Waals surface area contributed by atoms with Crippen molar-refractivity contribution in [2.75, 3.05) is 0 Å². The third kappa shape index (κ3) is 2.68. The molecule has 0 bridgehead atoms. The summed E-state index contributed by atoms with van der Waals surface area (Å²) in [6.45, 7) is 0. The normalized spacial score (nSPS) is 9.13. The minimum Gasteiger partial charge on any atom is -0.248 e. The third-order valence-electron chi connectivity index (χ3n) is 1.87. The van der Waals surface area contributed by atoms with Crippen molar-refractivity contribution in [1.82, 2.24) is 4.98 Å². The number of halogens is 1. The van der Waals surface area contributed by atoms with E-state index in [1.54, 1.807) is 6.20 Å². The minimum absolute atomic E-state index is 0.786. The zero-order valence-corrected chi connectivity index (χ0v) is 9.53. The molecule has 2 aromatic rings. The average Bonchev–Trinajstić information content (AvgIpc) is 2.29. The topological polar surface area (TPSA) is 12.9 Å². The molecule has 0 aliphatic heterocycles. The Hall–Kier alpha value is -1.59. The zero-order valence-electron chi connectivity index (χ0n) is 7.94. The first-order valence-electron chi connectivity index (χ1n) is 4.54. The van der Waals surface area contributed by atoms with Crippen LogP contribution in [0.2, 0.25) is 0 Å². The number of hydrogen-bond acceptors (Lipinski definition) is 1. The Morgan fingerprint density at radius 1 is 0.933 bits per heavy atom. The number of nitrogens with zero attached hydrogens (tertiary/aromatic N) is 1. The third-order valence-corrected chi connectivity index (χ3v) is 2.51. The van der Waals surface area contributed by atoms with E-state index in [9.17, 15) is 0 Å². The van der Waals surface area contributed by atoms with Crippen LogP contribution in [0, 0.1) is 11.8 Å². The Morgan fingerprint density at radius 3 is 2.47 bits per heavy atom. The molecule has 1 nitrogen and oxygen atoms in total. The van der Waals surface area contributed by atoms with Gasteiger partial charge in [-0.15, -0.1) is 0 Å². The van der Waals surface area contributed by atoms with E-state index in [1.165, 1.54) is 0 Å². The molecule has 0 N–H and O–H groups in total. The monoisotopic (exact) mass is 257 g/mol. The maximum Gasteiger partial charge on any atom is 0.121 e. The molecule has 0 fully saturated rings. The van der Waals surface area contributed by atoms with Crippen molar-refractivity contribution in [3.8, 4) is 11.8 Å². The summed E-state index contributed by atoms with van der Waals surface area (Å²) in [4.78, 5) is 4.11. The lowest BCUT2D eigenvalue weighted by Gasteiger charge is -1.92. The van der Waals surface area contributed by atoms with Crippen LogP contribution in [0.1, 0.15) is 11.1 Å². The molecule has 0 aliphatic rings. The summed E-state index contributed by atoms with van der Waals surface area (Å²) in [5, 5.41) is 0. The van der Waals surface area contributed by atoms with Gasteiger partial charge in [0, 0.05) is 11.8 Å². The van der Waals surface area contributed by atoms with E-state index in [-0.39, 0.29) is 0 Å². The Labute approximate surface area is 97.3 Å². The van der Waals surface area contributed by atoms with Crippen LogP contribution < -0.4 is 0 Å². The maximum atomic E-state index is 4.11. The Kier molecular flexibility index (Phi) is 3.16. The van der Waals surface area contributed by atoms with Gasteiger partial charge in [-0.2, -0.15) is 0 Å². The lowest BCUT2D eigenvalue weighted by molar-refractivity contribution is 1.26. The molecule has 0 atom stereocenters. The van der Waals surface area contributed by atoms with Crippen LogP contribution >= 0.6 is 15.9 Å². The minimum atomic E-state index is 0.786. The molecule has 0 saturated carbocycles. The molecular weight excluding hydrogens is 250 g/mol. The van der Waals surface area contributed by atoms with E-state index in [4.69, 9.17) is 0 Å². The standard InChI is InChI=1S/C13H8BrN/c14-13-12(7-4-10-15-13)9-8-11-5-2-1-3-6-11/h1-7,10H. The summed E-state index contributed by atoms with van der Waals surface area (Å²) in [5.41, 5.74) is 1.91. The SMILES string of the molecule is Brc1ncccc1C#Cc1ccccc1. The van der Waals surface area contributed by atoms with Crippen molar-refractivity contribution in [2.24, 2.45) is 0 Å². The first-order chi connectivity index (χ1) is 7.36. The van der Waals surface area contributed by atoms with Crippen molar-refractivity contribution < 1.29 is 0 Å². The zero-order chi connectivity index (χ0) is 10.5. The van der Waals surface area contributed by atoms with Gasteiger partial charge in [-0.3, -0.25) is 0 Å². The second-order valence-corrected chi connectivity index (χ2v) is 3.71. The van der Waals surface area contributed by atoms with Crippen molar-refractivity contribution >= 4 is 15.9 Å². The molecule has 0 radical (unpaired) electrons. The fraction of sp³-hybridized carbons (Fsp3) is 0. The molecule has 1 aromatic carbocycles. The van der Waals surface area contributed by atoms with E-state index < -0.39 is 0 Å². The molecule has 1 heterocycles. The van der Waals surface area contributed by atoms with Gasteiger partial charge in [0.1, 0.15) is 4.60 Å². The molecule has 0 unspecified atom stereocenters. The summed E-state index contributed by atoms with van der Waals surface area (Å²) in [5.74, 6) is 6.15. The van der Waals surface area contributed by atoms with Crippen molar-refractivity contribution in [3.05, 3.63) is 64.4 Å². The first-order valence-corrected chi connectivity index (χ1v) is 5.33. The molecule has 2 heteroatoms. The van der Waals surface area contributed by atoms with E-state index in [1.807, 2.05) is 42.5 Å². The molecule has 15 heavy (non-hydrogen) atoms. The summed E-state index contributed by atoms with van der Waals surface area (Å²) in [7, 11) is 0. The highest BCUT2D eigenvalue weighted by Gasteiger charge is 1.93. The quantitative estimate of drug-likeness (QED) is 0.522. The highest BCUT2D eigenvalue weighted by molar-refractivity contribution is 9.10. The van der Waals surface area contributed by atoms with Crippen molar-refractivity contribution in [2.45, 2.75) is 0 Å². The Bertz CT molecular complexity index is 509. The average molecular weight is 258 g/mol. The van der Waals surface area contributed by atoms with Gasteiger partial charge < -0.3 is 0 Å². The van der Waals surface area contributed by atoms with Crippen LogP contribution in [-0.2, 0) is 0 Å². The Morgan fingerprint density at radius 2 is 1.73 bits per heavy atom. The van der Waals surface area contributed by atoms with Gasteiger partial charge in [0.05, 0.1) is 5.56 Å². The second kappa shape index (κ2) is 4.77. The second-order valence-electron chi connectivity index (χ2n) is 2.96. The van der Waals surface area contributed by atoms with Crippen molar-refractivity contribution in [3.63, 3.8) is 0 Å². The fourth-order valence-electron chi connectivity index (χ4n) is 1.14. The summed E-state index contributed by atoms with van der Waals surface area (Å²) < 4.78 is 0.786. The van der Waals surface area contributed by atoms with Crippen LogP contribution in [-0.4, -0.2) is 4.98 Å². The fourth-order valence-corrected chi connectivity index (χ4v) is 1.49. The maximum absolute atomic E-state index is 4.11. The highest BCUT2D eigenvalue weighted by Crippen LogP contribution is 2.10. The largest absolute Gasteiger partial charge is 0.248 e. The predicted octanol–water partition coefficient (Wildman–Crippen LogP) is 3.24. The lowest BCUT2D eigenvalue weighted by atomic mass is 10.2. The summed E-state index contributed by atoms with van der Waals surface area (Å²) in [6.07, 6.45) is 1.73. The van der Waals surface area contributed by atoms with Crippen LogP contribution in [0.4, 0.5) is 0 Å². The smallest absolute Gasteiger partial charge is 0.121 e. The predicted molar refractivity (Wildman–Crippen MR) is 64.4 cm³/mol. The number of pyridine rings is 1. The van der Waals surface area contributed by atoms with Gasteiger partial charge in [0.25, 0.3) is 0 Å². The Balaban J connectivity index is 2.31. The first kappa shape index (κ1) is 9.95. The summed E-state index contributed by atoms with van der Waals surface area (Å²) >= 11 is 3.36. The van der Waals surface area contributed by atoms with Gasteiger partial charge in [-0.1, -0.05) is 30.0 Å². The van der Waals surface area contributed by atoms with Crippen LogP contribution in [0.25, 0.3) is 0 Å². The van der Waals surface area contributed by atoms with E-state index in [0.717, 1.165) is 15.7 Å². The molecule has 0 spiro atoms. The van der Waals surface area contributed by atoms with Gasteiger partial charge in [0.15, 0.2) is 0 Å². The van der Waals surface area contributed by atoms with Crippen LogP contribution in [0.5, 0.6) is 0 Å². The highest BCUT2D eigenvalue weighted by atomic mass is 79.9. The molecular formula is C13H8BrN. The van der Waals surface area contributed by atoms with Crippen LogP contribution in [0.3, 0.4) is 0 Å². The molecule has 0 aliphatic carbocycles.